The zero-order valence-electron chi connectivity index (χ0n) is 12.5. The van der Waals surface area contributed by atoms with Crippen LogP contribution in [0.25, 0.3) is 0 Å². The van der Waals surface area contributed by atoms with Crippen molar-refractivity contribution < 1.29 is 19.4 Å². The third-order valence-corrected chi connectivity index (χ3v) is 2.86. The molecule has 2 amide bonds. The van der Waals surface area contributed by atoms with E-state index in [1.807, 2.05) is 0 Å². The third-order valence-electron chi connectivity index (χ3n) is 2.86. The van der Waals surface area contributed by atoms with Gasteiger partial charge >= 0.3 is 0 Å². The summed E-state index contributed by atoms with van der Waals surface area (Å²) < 4.78 is 4.97. The summed E-state index contributed by atoms with van der Waals surface area (Å²) in [6.07, 6.45) is 0.702. The van der Waals surface area contributed by atoms with Gasteiger partial charge < -0.3 is 20.1 Å². The van der Waals surface area contributed by atoms with Crippen LogP contribution >= 0.6 is 0 Å². The molecule has 2 N–H and O–H groups in total. The van der Waals surface area contributed by atoms with Gasteiger partial charge in [-0.15, -0.1) is 0 Å². The van der Waals surface area contributed by atoms with E-state index in [1.54, 1.807) is 36.3 Å². The lowest BCUT2D eigenvalue weighted by atomic mass is 10.1. The first kappa shape index (κ1) is 17.1. The number of nitrogens with one attached hydrogen (secondary N) is 1. The van der Waals surface area contributed by atoms with Crippen LogP contribution in [-0.4, -0.2) is 55.2 Å². The van der Waals surface area contributed by atoms with E-state index in [1.165, 1.54) is 6.92 Å². The summed E-state index contributed by atoms with van der Waals surface area (Å²) in [5, 5.41) is 11.7. The number of rotatable bonds is 8. The van der Waals surface area contributed by atoms with Crippen molar-refractivity contribution in [1.82, 2.24) is 4.90 Å². The van der Waals surface area contributed by atoms with Crippen LogP contribution in [0.4, 0.5) is 5.69 Å². The summed E-state index contributed by atoms with van der Waals surface area (Å²) in [7, 11) is 1.61. The smallest absolute Gasteiger partial charge is 0.254 e. The van der Waals surface area contributed by atoms with Crippen LogP contribution in [0.5, 0.6) is 0 Å². The maximum atomic E-state index is 12.4. The second kappa shape index (κ2) is 9.10. The van der Waals surface area contributed by atoms with Gasteiger partial charge in [0.15, 0.2) is 0 Å². The van der Waals surface area contributed by atoms with Gasteiger partial charge in [-0.2, -0.15) is 0 Å². The highest BCUT2D eigenvalue weighted by molar-refractivity contribution is 5.96. The number of carbonyl (C=O) groups is 2. The lowest BCUT2D eigenvalue weighted by Gasteiger charge is -2.22. The van der Waals surface area contributed by atoms with Crippen molar-refractivity contribution in [3.63, 3.8) is 0 Å². The van der Waals surface area contributed by atoms with E-state index in [0.717, 1.165) is 0 Å². The number of aliphatic hydroxyl groups excluding tert-OH is 1. The second-order valence-corrected chi connectivity index (χ2v) is 4.62. The molecular weight excluding hydrogens is 272 g/mol. The fourth-order valence-corrected chi connectivity index (χ4v) is 1.95. The molecule has 6 nitrogen and oxygen atoms in total. The van der Waals surface area contributed by atoms with E-state index in [-0.39, 0.29) is 25.0 Å². The Morgan fingerprint density at radius 1 is 1.33 bits per heavy atom. The number of benzene rings is 1. The van der Waals surface area contributed by atoms with Crippen molar-refractivity contribution in [2.24, 2.45) is 0 Å². The summed E-state index contributed by atoms with van der Waals surface area (Å²) in [5.74, 6) is -0.362. The highest BCUT2D eigenvalue weighted by Gasteiger charge is 2.15. The van der Waals surface area contributed by atoms with Gasteiger partial charge in [-0.1, -0.05) is 6.07 Å². The highest BCUT2D eigenvalue weighted by atomic mass is 16.5. The molecule has 6 heteroatoms. The van der Waals surface area contributed by atoms with Crippen molar-refractivity contribution in [3.8, 4) is 0 Å². The van der Waals surface area contributed by atoms with Gasteiger partial charge in [-0.05, 0) is 24.6 Å². The monoisotopic (exact) mass is 294 g/mol. The van der Waals surface area contributed by atoms with Crippen LogP contribution in [0.1, 0.15) is 23.7 Å². The minimum atomic E-state index is -0.188. The van der Waals surface area contributed by atoms with Crippen molar-refractivity contribution in [2.45, 2.75) is 13.3 Å². The van der Waals surface area contributed by atoms with Gasteiger partial charge in [0.05, 0.1) is 6.61 Å². The second-order valence-electron chi connectivity index (χ2n) is 4.62. The summed E-state index contributed by atoms with van der Waals surface area (Å²) in [6.45, 7) is 2.66. The first-order valence-electron chi connectivity index (χ1n) is 6.85. The summed E-state index contributed by atoms with van der Waals surface area (Å²) in [5.41, 5.74) is 1.06. The maximum Gasteiger partial charge on any atom is 0.254 e. The molecule has 0 aromatic heterocycles. The quantitative estimate of drug-likeness (QED) is 0.704. The van der Waals surface area contributed by atoms with Gasteiger partial charge in [-0.3, -0.25) is 9.59 Å². The largest absolute Gasteiger partial charge is 0.395 e. The maximum absolute atomic E-state index is 12.4. The van der Waals surface area contributed by atoms with E-state index >= 15 is 0 Å². The van der Waals surface area contributed by atoms with E-state index in [2.05, 4.69) is 5.32 Å². The summed E-state index contributed by atoms with van der Waals surface area (Å²) in [4.78, 5) is 25.1. The molecule has 1 rings (SSSR count). The SMILES string of the molecule is COCCCN(CCO)C(=O)c1cccc(NC(C)=O)c1. The predicted octanol–water partition coefficient (Wildman–Crippen LogP) is 1.12. The van der Waals surface area contributed by atoms with Gasteiger partial charge in [0.25, 0.3) is 5.91 Å². The number of methoxy groups -OCH3 is 1. The lowest BCUT2D eigenvalue weighted by molar-refractivity contribution is -0.114. The highest BCUT2D eigenvalue weighted by Crippen LogP contribution is 2.13. The number of carbonyl (C=O) groups excluding carboxylic acids is 2. The van der Waals surface area contributed by atoms with Gasteiger partial charge in [0.1, 0.15) is 0 Å². The number of aliphatic hydroxyl groups is 1. The Hall–Kier alpha value is -1.92. The number of hydrogen-bond donors (Lipinski definition) is 2. The van der Waals surface area contributed by atoms with Crippen LogP contribution in [0.2, 0.25) is 0 Å². The first-order valence-corrected chi connectivity index (χ1v) is 6.85. The van der Waals surface area contributed by atoms with E-state index in [9.17, 15) is 9.59 Å². The predicted molar refractivity (Wildman–Crippen MR) is 80.2 cm³/mol. The van der Waals surface area contributed by atoms with E-state index in [0.29, 0.717) is 30.8 Å². The van der Waals surface area contributed by atoms with Crippen LogP contribution in [0.15, 0.2) is 24.3 Å². The van der Waals surface area contributed by atoms with Crippen molar-refractivity contribution in [1.29, 1.82) is 0 Å². The van der Waals surface area contributed by atoms with Crippen molar-refractivity contribution in [3.05, 3.63) is 29.8 Å². The summed E-state index contributed by atoms with van der Waals surface area (Å²) >= 11 is 0. The first-order chi connectivity index (χ1) is 10.1. The molecule has 0 aliphatic rings. The van der Waals surface area contributed by atoms with Crippen LogP contribution in [0.3, 0.4) is 0 Å². The normalized spacial score (nSPS) is 10.2. The Morgan fingerprint density at radius 3 is 2.71 bits per heavy atom. The molecule has 1 aromatic rings. The molecule has 0 atom stereocenters. The molecule has 0 saturated heterocycles. The molecule has 0 aliphatic carbocycles. The Morgan fingerprint density at radius 2 is 2.10 bits per heavy atom. The van der Waals surface area contributed by atoms with Crippen molar-refractivity contribution >= 4 is 17.5 Å². The molecular formula is C15H22N2O4. The van der Waals surface area contributed by atoms with Gasteiger partial charge in [0.2, 0.25) is 5.91 Å². The van der Waals surface area contributed by atoms with Crippen LogP contribution < -0.4 is 5.32 Å². The fraction of sp³-hybridized carbons (Fsp3) is 0.467. The molecule has 0 spiro atoms. The zero-order valence-corrected chi connectivity index (χ0v) is 12.5. The summed E-state index contributed by atoms with van der Waals surface area (Å²) in [6, 6.07) is 6.75. The minimum absolute atomic E-state index is 0.0931. The zero-order chi connectivity index (χ0) is 15.7. The van der Waals surface area contributed by atoms with Gasteiger partial charge in [0, 0.05) is 45.0 Å². The lowest BCUT2D eigenvalue weighted by Crippen LogP contribution is -2.35. The molecule has 0 aliphatic heterocycles. The Labute approximate surface area is 124 Å². The molecule has 0 radical (unpaired) electrons. The van der Waals surface area contributed by atoms with E-state index < -0.39 is 0 Å². The molecule has 0 fully saturated rings. The minimum Gasteiger partial charge on any atom is -0.395 e. The molecule has 1 aromatic carbocycles. The van der Waals surface area contributed by atoms with Gasteiger partial charge in [-0.25, -0.2) is 0 Å². The molecule has 21 heavy (non-hydrogen) atoms. The molecule has 116 valence electrons. The molecule has 0 unspecified atom stereocenters. The fourth-order valence-electron chi connectivity index (χ4n) is 1.95. The number of nitrogens with zero attached hydrogens (tertiary/aromatic N) is 1. The number of ether oxygens (including phenoxy) is 1. The number of amides is 2. The Kier molecular flexibility index (Phi) is 7.42. The number of anilines is 1. The standard InChI is InChI=1S/C15H22N2O4/c1-12(19)16-14-6-3-5-13(11-14)15(20)17(8-9-18)7-4-10-21-2/h3,5-6,11,18H,4,7-10H2,1-2H3,(H,16,19). The van der Waals surface area contributed by atoms with Crippen LogP contribution in [0, 0.1) is 0 Å². The van der Waals surface area contributed by atoms with Crippen LogP contribution in [-0.2, 0) is 9.53 Å². The molecule has 0 bridgehead atoms. The average Bonchev–Trinajstić information content (AvgIpc) is 2.45. The third kappa shape index (κ3) is 5.93. The Balaban J connectivity index is 2.79. The Bertz CT molecular complexity index is 476. The topological polar surface area (TPSA) is 78.9 Å². The van der Waals surface area contributed by atoms with E-state index in [4.69, 9.17) is 9.84 Å². The average molecular weight is 294 g/mol. The number of hydrogen-bond acceptors (Lipinski definition) is 4. The molecule has 0 saturated carbocycles. The van der Waals surface area contributed by atoms with Crippen molar-refractivity contribution in [2.75, 3.05) is 38.7 Å². The molecule has 0 heterocycles.